The molecule has 0 aliphatic rings. The minimum absolute atomic E-state index is 0.0817. The van der Waals surface area contributed by atoms with Crippen molar-refractivity contribution in [2.75, 3.05) is 18.6 Å². The fourth-order valence-electron chi connectivity index (χ4n) is 2.29. The van der Waals surface area contributed by atoms with Crippen LogP contribution in [0.5, 0.6) is 5.75 Å². The first-order chi connectivity index (χ1) is 12.1. The number of aromatic nitrogens is 1. The summed E-state index contributed by atoms with van der Waals surface area (Å²) in [5.74, 6) is 0.449. The number of likely N-dealkylation sites (N-methyl/N-ethyl adjacent to an activating group) is 1. The topological polar surface area (TPSA) is 59.5 Å². The lowest BCUT2D eigenvalue weighted by molar-refractivity contribution is -0.120. The van der Waals surface area contributed by atoms with Gasteiger partial charge in [0.25, 0.3) is 5.91 Å². The SMILES string of the molecule is CCC(=O)c1ccc(OCC(=O)N(C)c2nc3ccccc3s2)cc1. The van der Waals surface area contributed by atoms with Gasteiger partial charge in [0.15, 0.2) is 17.5 Å². The summed E-state index contributed by atoms with van der Waals surface area (Å²) in [7, 11) is 1.69. The molecule has 3 rings (SSSR count). The van der Waals surface area contributed by atoms with Crippen LogP contribution in [-0.2, 0) is 4.79 Å². The van der Waals surface area contributed by atoms with Crippen LogP contribution in [0.15, 0.2) is 48.5 Å². The van der Waals surface area contributed by atoms with Gasteiger partial charge < -0.3 is 4.74 Å². The molecule has 1 aromatic heterocycles. The number of anilines is 1. The van der Waals surface area contributed by atoms with E-state index in [4.69, 9.17) is 4.74 Å². The summed E-state index contributed by atoms with van der Waals surface area (Å²) >= 11 is 1.46. The summed E-state index contributed by atoms with van der Waals surface area (Å²) in [4.78, 5) is 29.9. The molecule has 0 atom stereocenters. The fourth-order valence-corrected chi connectivity index (χ4v) is 3.24. The normalized spacial score (nSPS) is 10.6. The predicted molar refractivity (Wildman–Crippen MR) is 99.6 cm³/mol. The predicted octanol–water partition coefficient (Wildman–Crippen LogP) is 3.93. The Kier molecular flexibility index (Phi) is 5.09. The third-order valence-corrected chi connectivity index (χ3v) is 4.92. The number of amides is 1. The standard InChI is InChI=1S/C19H18N2O3S/c1-3-16(22)13-8-10-14(11-9-13)24-12-18(23)21(2)19-20-15-6-4-5-7-17(15)25-19/h4-11H,3,12H2,1-2H3. The molecule has 0 spiro atoms. The van der Waals surface area contributed by atoms with E-state index in [1.165, 1.54) is 16.2 Å². The van der Waals surface area contributed by atoms with Gasteiger partial charge in [0.1, 0.15) is 5.75 Å². The van der Waals surface area contributed by atoms with Crippen LogP contribution in [0.1, 0.15) is 23.7 Å². The van der Waals surface area contributed by atoms with Crippen LogP contribution in [0.4, 0.5) is 5.13 Å². The van der Waals surface area contributed by atoms with Gasteiger partial charge in [-0.05, 0) is 36.4 Å². The number of ketones is 1. The minimum Gasteiger partial charge on any atom is -0.484 e. The Balaban J connectivity index is 1.62. The van der Waals surface area contributed by atoms with Crippen LogP contribution >= 0.6 is 11.3 Å². The van der Waals surface area contributed by atoms with E-state index in [9.17, 15) is 9.59 Å². The van der Waals surface area contributed by atoms with Gasteiger partial charge in [-0.25, -0.2) is 4.98 Å². The third kappa shape index (κ3) is 3.85. The molecule has 0 saturated carbocycles. The van der Waals surface area contributed by atoms with Crippen LogP contribution in [0, 0.1) is 0 Å². The summed E-state index contributed by atoms with van der Waals surface area (Å²) in [6.45, 7) is 1.73. The highest BCUT2D eigenvalue weighted by Crippen LogP contribution is 2.27. The molecule has 0 bridgehead atoms. The number of carbonyl (C=O) groups excluding carboxylic acids is 2. The fraction of sp³-hybridized carbons (Fsp3) is 0.211. The number of Topliss-reactive ketones (excluding diaryl/α,β-unsaturated/α-hetero) is 1. The van der Waals surface area contributed by atoms with E-state index >= 15 is 0 Å². The second-order valence-corrected chi connectivity index (χ2v) is 6.52. The highest BCUT2D eigenvalue weighted by atomic mass is 32.1. The van der Waals surface area contributed by atoms with Gasteiger partial charge in [0.2, 0.25) is 0 Å². The average Bonchev–Trinajstić information content (AvgIpc) is 3.09. The Morgan fingerprint density at radius 2 is 1.84 bits per heavy atom. The van der Waals surface area contributed by atoms with Crippen molar-refractivity contribution in [3.63, 3.8) is 0 Å². The molecule has 0 aliphatic heterocycles. The molecule has 6 heteroatoms. The lowest BCUT2D eigenvalue weighted by atomic mass is 10.1. The summed E-state index contributed by atoms with van der Waals surface area (Å²) in [6.07, 6.45) is 0.464. The minimum atomic E-state index is -0.187. The van der Waals surface area contributed by atoms with Crippen molar-refractivity contribution in [3.05, 3.63) is 54.1 Å². The van der Waals surface area contributed by atoms with Gasteiger partial charge in [0, 0.05) is 19.0 Å². The number of rotatable bonds is 6. The molecule has 0 aliphatic carbocycles. The van der Waals surface area contributed by atoms with Crippen LogP contribution in [0.25, 0.3) is 10.2 Å². The van der Waals surface area contributed by atoms with E-state index in [1.54, 1.807) is 31.3 Å². The Morgan fingerprint density at radius 3 is 2.52 bits per heavy atom. The number of hydrogen-bond acceptors (Lipinski definition) is 5. The van der Waals surface area contributed by atoms with Gasteiger partial charge in [-0.15, -0.1) is 0 Å². The second-order valence-electron chi connectivity index (χ2n) is 5.51. The molecule has 0 N–H and O–H groups in total. The van der Waals surface area contributed by atoms with Crippen LogP contribution in [0.3, 0.4) is 0 Å². The Hall–Kier alpha value is -2.73. The largest absolute Gasteiger partial charge is 0.484 e. The van der Waals surface area contributed by atoms with E-state index in [-0.39, 0.29) is 18.3 Å². The van der Waals surface area contributed by atoms with Crippen molar-refractivity contribution in [1.82, 2.24) is 4.98 Å². The van der Waals surface area contributed by atoms with Crippen molar-refractivity contribution in [2.24, 2.45) is 0 Å². The lowest BCUT2D eigenvalue weighted by Crippen LogP contribution is -2.31. The molecular formula is C19H18N2O3S. The number of thiazole rings is 1. The molecule has 0 saturated heterocycles. The van der Waals surface area contributed by atoms with Crippen molar-refractivity contribution in [2.45, 2.75) is 13.3 Å². The van der Waals surface area contributed by atoms with Gasteiger partial charge in [-0.2, -0.15) is 0 Å². The quantitative estimate of drug-likeness (QED) is 0.629. The maximum Gasteiger partial charge on any atom is 0.266 e. The summed E-state index contributed by atoms with van der Waals surface area (Å²) < 4.78 is 6.56. The van der Waals surface area contributed by atoms with Gasteiger partial charge in [-0.1, -0.05) is 30.4 Å². The zero-order chi connectivity index (χ0) is 17.8. The first kappa shape index (κ1) is 17.1. The number of para-hydroxylation sites is 1. The maximum atomic E-state index is 12.3. The van der Waals surface area contributed by atoms with E-state index in [0.717, 1.165) is 10.2 Å². The zero-order valence-corrected chi connectivity index (χ0v) is 14.9. The maximum absolute atomic E-state index is 12.3. The molecule has 1 amide bonds. The van der Waals surface area contributed by atoms with Crippen LogP contribution in [-0.4, -0.2) is 30.3 Å². The molecular weight excluding hydrogens is 336 g/mol. The smallest absolute Gasteiger partial charge is 0.266 e. The van der Waals surface area contributed by atoms with E-state index in [0.29, 0.717) is 22.9 Å². The van der Waals surface area contributed by atoms with Crippen molar-refractivity contribution >= 4 is 38.4 Å². The molecule has 0 radical (unpaired) electrons. The van der Waals surface area contributed by atoms with Crippen molar-refractivity contribution in [1.29, 1.82) is 0 Å². The third-order valence-electron chi connectivity index (χ3n) is 3.80. The van der Waals surface area contributed by atoms with E-state index in [2.05, 4.69) is 4.98 Å². The number of benzene rings is 2. The molecule has 5 nitrogen and oxygen atoms in total. The molecule has 128 valence electrons. The molecule has 1 heterocycles. The Bertz CT molecular complexity index is 869. The Labute approximate surface area is 149 Å². The van der Waals surface area contributed by atoms with E-state index in [1.807, 2.05) is 31.2 Å². The first-order valence-electron chi connectivity index (χ1n) is 7.96. The molecule has 0 unspecified atom stereocenters. The van der Waals surface area contributed by atoms with Gasteiger partial charge in [0.05, 0.1) is 10.2 Å². The Morgan fingerprint density at radius 1 is 1.12 bits per heavy atom. The first-order valence-corrected chi connectivity index (χ1v) is 8.78. The lowest BCUT2D eigenvalue weighted by Gasteiger charge is -2.14. The van der Waals surface area contributed by atoms with Crippen LogP contribution in [0.2, 0.25) is 0 Å². The number of carbonyl (C=O) groups is 2. The van der Waals surface area contributed by atoms with Crippen molar-refractivity contribution in [3.8, 4) is 5.75 Å². The highest BCUT2D eigenvalue weighted by molar-refractivity contribution is 7.22. The number of nitrogens with zero attached hydrogens (tertiary/aromatic N) is 2. The van der Waals surface area contributed by atoms with Crippen LogP contribution < -0.4 is 9.64 Å². The number of fused-ring (bicyclic) bond motifs is 1. The van der Waals surface area contributed by atoms with E-state index < -0.39 is 0 Å². The van der Waals surface area contributed by atoms with Crippen molar-refractivity contribution < 1.29 is 14.3 Å². The monoisotopic (exact) mass is 354 g/mol. The number of hydrogen-bond donors (Lipinski definition) is 0. The molecule has 3 aromatic rings. The van der Waals surface area contributed by atoms with Gasteiger partial charge >= 0.3 is 0 Å². The second kappa shape index (κ2) is 7.44. The molecule has 2 aromatic carbocycles. The summed E-state index contributed by atoms with van der Waals surface area (Å²) in [5, 5.41) is 0.638. The number of ether oxygens (including phenoxy) is 1. The zero-order valence-electron chi connectivity index (χ0n) is 14.1. The van der Waals surface area contributed by atoms with Gasteiger partial charge in [-0.3, -0.25) is 14.5 Å². The molecule has 0 fully saturated rings. The highest BCUT2D eigenvalue weighted by Gasteiger charge is 2.16. The summed E-state index contributed by atoms with van der Waals surface area (Å²) in [6, 6.07) is 14.6. The average molecular weight is 354 g/mol. The summed E-state index contributed by atoms with van der Waals surface area (Å²) in [5.41, 5.74) is 1.52. The molecule has 25 heavy (non-hydrogen) atoms.